The van der Waals surface area contributed by atoms with Crippen molar-refractivity contribution in [2.45, 2.75) is 44.9 Å². The molecule has 2 rings (SSSR count). The molecule has 0 radical (unpaired) electrons. The Balaban J connectivity index is 1.87. The minimum Gasteiger partial charge on any atom is -0.339 e. The zero-order chi connectivity index (χ0) is 14.4. The smallest absolute Gasteiger partial charge is 0.232 e. The molecule has 2 unspecified atom stereocenters. The molecule has 0 bridgehead atoms. The fourth-order valence-corrected chi connectivity index (χ4v) is 4.45. The van der Waals surface area contributed by atoms with Crippen molar-refractivity contribution < 1.29 is 4.52 Å². The first-order chi connectivity index (χ1) is 9.70. The molecule has 4 nitrogen and oxygen atoms in total. The Labute approximate surface area is 130 Å². The van der Waals surface area contributed by atoms with E-state index in [-0.39, 0.29) is 0 Å². The van der Waals surface area contributed by atoms with E-state index in [1.165, 1.54) is 0 Å². The summed E-state index contributed by atoms with van der Waals surface area (Å²) in [6, 6.07) is 0.483. The van der Waals surface area contributed by atoms with Crippen molar-refractivity contribution in [2.24, 2.45) is 5.92 Å². The van der Waals surface area contributed by atoms with Gasteiger partial charge in [-0.05, 0) is 24.6 Å². The molecule has 0 spiro atoms. The summed E-state index contributed by atoms with van der Waals surface area (Å²) in [4.78, 5) is 4.60. The molecular weight excluding hydrogens is 290 g/mol. The summed E-state index contributed by atoms with van der Waals surface area (Å²) in [7, 11) is 0. The lowest BCUT2D eigenvalue weighted by molar-refractivity contribution is 0.337. The lowest BCUT2D eigenvalue weighted by Gasteiger charge is -2.16. The summed E-state index contributed by atoms with van der Waals surface area (Å²) < 4.78 is 5.49. The molecule has 0 aromatic carbocycles. The Morgan fingerprint density at radius 3 is 3.05 bits per heavy atom. The van der Waals surface area contributed by atoms with Gasteiger partial charge in [-0.1, -0.05) is 25.9 Å². The van der Waals surface area contributed by atoms with Crippen molar-refractivity contribution in [3.8, 4) is 0 Å². The Morgan fingerprint density at radius 1 is 1.45 bits per heavy atom. The number of rotatable bonds is 8. The summed E-state index contributed by atoms with van der Waals surface area (Å²) in [5.41, 5.74) is 0. The topological polar surface area (TPSA) is 51.0 Å². The Kier molecular flexibility index (Phi) is 6.71. The second kappa shape index (κ2) is 8.29. The molecule has 2 heterocycles. The molecule has 20 heavy (non-hydrogen) atoms. The maximum absolute atomic E-state index is 5.49. The number of aromatic nitrogens is 2. The zero-order valence-electron chi connectivity index (χ0n) is 12.6. The van der Waals surface area contributed by atoms with Crippen molar-refractivity contribution >= 4 is 23.5 Å². The van der Waals surface area contributed by atoms with Crippen molar-refractivity contribution in [2.75, 3.05) is 23.8 Å². The Bertz CT molecular complexity index is 398. The molecule has 1 aliphatic heterocycles. The van der Waals surface area contributed by atoms with Crippen LogP contribution in [-0.2, 0) is 5.75 Å². The van der Waals surface area contributed by atoms with E-state index in [1.807, 2.05) is 23.5 Å². The molecule has 1 saturated heterocycles. The molecule has 1 aliphatic rings. The van der Waals surface area contributed by atoms with Gasteiger partial charge in [0.05, 0.1) is 11.7 Å². The van der Waals surface area contributed by atoms with Gasteiger partial charge in [0.15, 0.2) is 5.82 Å². The van der Waals surface area contributed by atoms with Crippen molar-refractivity contribution in [1.29, 1.82) is 0 Å². The second-order valence-corrected chi connectivity index (χ2v) is 7.77. The fraction of sp³-hybridized carbons (Fsp3) is 0.857. The van der Waals surface area contributed by atoms with E-state index >= 15 is 0 Å². The molecule has 6 heteroatoms. The van der Waals surface area contributed by atoms with Gasteiger partial charge in [0.1, 0.15) is 0 Å². The minimum absolute atomic E-state index is 0.378. The van der Waals surface area contributed by atoms with Crippen LogP contribution in [0.2, 0.25) is 0 Å². The van der Waals surface area contributed by atoms with Crippen LogP contribution >= 0.6 is 23.5 Å². The van der Waals surface area contributed by atoms with E-state index in [0.29, 0.717) is 17.9 Å². The van der Waals surface area contributed by atoms with Crippen LogP contribution in [0.4, 0.5) is 0 Å². The van der Waals surface area contributed by atoms with Crippen LogP contribution in [0.1, 0.15) is 44.8 Å². The van der Waals surface area contributed by atoms with Crippen molar-refractivity contribution in [3.63, 3.8) is 0 Å². The highest BCUT2D eigenvalue weighted by Gasteiger charge is 2.32. The minimum atomic E-state index is 0.378. The van der Waals surface area contributed by atoms with Gasteiger partial charge in [0.25, 0.3) is 0 Å². The van der Waals surface area contributed by atoms with Gasteiger partial charge < -0.3 is 9.84 Å². The van der Waals surface area contributed by atoms with Gasteiger partial charge in [-0.2, -0.15) is 28.5 Å². The number of nitrogens with zero attached hydrogens (tertiary/aromatic N) is 2. The van der Waals surface area contributed by atoms with E-state index in [1.54, 1.807) is 0 Å². The highest BCUT2D eigenvalue weighted by molar-refractivity contribution is 7.99. The molecule has 1 aromatic rings. The third-order valence-electron chi connectivity index (χ3n) is 3.22. The van der Waals surface area contributed by atoms with Crippen LogP contribution in [0.3, 0.4) is 0 Å². The second-order valence-electron chi connectivity index (χ2n) is 5.66. The maximum atomic E-state index is 5.49. The third kappa shape index (κ3) is 4.67. The van der Waals surface area contributed by atoms with Crippen molar-refractivity contribution in [1.82, 2.24) is 15.5 Å². The molecule has 0 aliphatic carbocycles. The summed E-state index contributed by atoms with van der Waals surface area (Å²) in [6.07, 6.45) is 1.16. The normalized spacial score (nSPS) is 22.8. The zero-order valence-corrected chi connectivity index (χ0v) is 14.2. The average molecular weight is 316 g/mol. The summed E-state index contributed by atoms with van der Waals surface area (Å²) >= 11 is 3.85. The molecule has 1 aromatic heterocycles. The predicted molar refractivity (Wildman–Crippen MR) is 87.4 cm³/mol. The molecule has 1 fully saturated rings. The SMILES string of the molecule is CCCNC1CSCC1c1nc(CSCC(C)C)no1. The third-order valence-corrected chi connectivity index (χ3v) is 5.77. The van der Waals surface area contributed by atoms with Gasteiger partial charge in [-0.15, -0.1) is 0 Å². The van der Waals surface area contributed by atoms with Crippen LogP contribution in [0.25, 0.3) is 0 Å². The lowest BCUT2D eigenvalue weighted by atomic mass is 10.0. The molecule has 1 N–H and O–H groups in total. The Morgan fingerprint density at radius 2 is 2.30 bits per heavy atom. The monoisotopic (exact) mass is 315 g/mol. The largest absolute Gasteiger partial charge is 0.339 e. The lowest BCUT2D eigenvalue weighted by Crippen LogP contribution is -2.34. The fourth-order valence-electron chi connectivity index (χ4n) is 2.19. The molecule has 0 saturated carbocycles. The number of thioether (sulfide) groups is 2. The highest BCUT2D eigenvalue weighted by Crippen LogP contribution is 2.32. The summed E-state index contributed by atoms with van der Waals surface area (Å²) in [5, 5.41) is 7.72. The van der Waals surface area contributed by atoms with Crippen LogP contribution in [0.15, 0.2) is 4.52 Å². The van der Waals surface area contributed by atoms with Gasteiger partial charge in [-0.3, -0.25) is 0 Å². The van der Waals surface area contributed by atoms with Crippen LogP contribution in [0.5, 0.6) is 0 Å². The van der Waals surface area contributed by atoms with E-state index in [9.17, 15) is 0 Å². The number of hydrogen-bond donors (Lipinski definition) is 1. The molecule has 0 amide bonds. The molecule has 2 atom stereocenters. The number of nitrogens with one attached hydrogen (secondary N) is 1. The Hall–Kier alpha value is -0.200. The maximum Gasteiger partial charge on any atom is 0.232 e. The first kappa shape index (κ1) is 16.2. The highest BCUT2D eigenvalue weighted by atomic mass is 32.2. The van der Waals surface area contributed by atoms with Gasteiger partial charge in [0, 0.05) is 17.5 Å². The van der Waals surface area contributed by atoms with Gasteiger partial charge in [-0.25, -0.2) is 0 Å². The predicted octanol–water partition coefficient (Wildman–Crippen LogP) is 3.16. The van der Waals surface area contributed by atoms with Crippen molar-refractivity contribution in [3.05, 3.63) is 11.7 Å². The van der Waals surface area contributed by atoms with Gasteiger partial charge >= 0.3 is 0 Å². The average Bonchev–Trinajstić information content (AvgIpc) is 3.04. The van der Waals surface area contributed by atoms with E-state index in [0.717, 1.165) is 47.7 Å². The van der Waals surface area contributed by atoms with Gasteiger partial charge in [0.2, 0.25) is 5.89 Å². The van der Waals surface area contributed by atoms with E-state index in [4.69, 9.17) is 4.52 Å². The standard InChI is InChI=1S/C14H25N3OS2/c1-4-5-15-12-8-20-7-11(12)14-16-13(17-18-14)9-19-6-10(2)3/h10-12,15H,4-9H2,1-3H3. The van der Waals surface area contributed by atoms with E-state index < -0.39 is 0 Å². The summed E-state index contributed by atoms with van der Waals surface area (Å²) in [6.45, 7) is 7.72. The number of hydrogen-bond acceptors (Lipinski definition) is 6. The first-order valence-electron chi connectivity index (χ1n) is 7.42. The van der Waals surface area contributed by atoms with E-state index in [2.05, 4.69) is 36.2 Å². The quantitative estimate of drug-likeness (QED) is 0.795. The summed E-state index contributed by atoms with van der Waals surface area (Å²) in [5.74, 6) is 6.98. The van der Waals surface area contributed by atoms with Crippen LogP contribution in [0, 0.1) is 5.92 Å². The molecule has 114 valence electrons. The van der Waals surface area contributed by atoms with Crippen LogP contribution < -0.4 is 5.32 Å². The van der Waals surface area contributed by atoms with Crippen LogP contribution in [-0.4, -0.2) is 40.0 Å². The molecular formula is C14H25N3OS2. The first-order valence-corrected chi connectivity index (χ1v) is 9.73.